The fourth-order valence-corrected chi connectivity index (χ4v) is 3.87. The Bertz CT molecular complexity index is 932. The Morgan fingerprint density at radius 2 is 2.07 bits per heavy atom. The molecule has 0 aliphatic carbocycles. The predicted octanol–water partition coefficient (Wildman–Crippen LogP) is 1.62. The van der Waals surface area contributed by atoms with Gasteiger partial charge in [0.25, 0.3) is 5.69 Å². The third-order valence-corrected chi connectivity index (χ3v) is 5.72. The van der Waals surface area contributed by atoms with Gasteiger partial charge in [-0.15, -0.1) is 35.3 Å². The second kappa shape index (κ2) is 11.2. The molecule has 0 bridgehead atoms. The maximum absolute atomic E-state index is 12.2. The van der Waals surface area contributed by atoms with Crippen LogP contribution < -0.4 is 15.4 Å². The molecule has 1 heterocycles. The molecule has 2 rings (SSSR count). The quantitative estimate of drug-likeness (QED) is 0.116. The first-order valence-corrected chi connectivity index (χ1v) is 10.2. The molecule has 0 amide bonds. The number of aryl methyl sites for hydroxylation is 1. The van der Waals surface area contributed by atoms with Gasteiger partial charge in [-0.05, 0) is 13.0 Å². The van der Waals surface area contributed by atoms with Crippen molar-refractivity contribution in [2.45, 2.75) is 18.4 Å². The summed E-state index contributed by atoms with van der Waals surface area (Å²) in [6.07, 6.45) is 1.79. The van der Waals surface area contributed by atoms with Crippen molar-refractivity contribution in [3.63, 3.8) is 0 Å². The number of thiazole rings is 1. The summed E-state index contributed by atoms with van der Waals surface area (Å²) in [6, 6.07) is 4.89. The minimum Gasteiger partial charge on any atom is -0.355 e. The standard InChI is InChI=1S/C15H20N6O4S2.HI/c1-11-9-18-14(26-11)10-19-15(16-2)17-6-7-20-27(24,25)13-5-3-4-12(8-13)21(22)23;/h3-5,8-9,20H,6-7,10H2,1-2H3,(H2,16,17,19);1H. The van der Waals surface area contributed by atoms with Crippen LogP contribution in [0.3, 0.4) is 0 Å². The highest BCUT2D eigenvalue weighted by molar-refractivity contribution is 14.0. The van der Waals surface area contributed by atoms with Crippen molar-refractivity contribution in [3.8, 4) is 0 Å². The molecule has 0 atom stereocenters. The van der Waals surface area contributed by atoms with Gasteiger partial charge in [0, 0.05) is 43.3 Å². The van der Waals surface area contributed by atoms with Crippen molar-refractivity contribution in [1.29, 1.82) is 0 Å². The Labute approximate surface area is 184 Å². The SMILES string of the molecule is CN=C(NCCNS(=O)(=O)c1cccc([N+](=O)[O-])c1)NCc1ncc(C)s1.I. The lowest BCUT2D eigenvalue weighted by atomic mass is 10.3. The van der Waals surface area contributed by atoms with Crippen LogP contribution in [0.4, 0.5) is 5.69 Å². The van der Waals surface area contributed by atoms with Crippen molar-refractivity contribution in [1.82, 2.24) is 20.3 Å². The average Bonchev–Trinajstić information content (AvgIpc) is 3.06. The number of benzene rings is 1. The van der Waals surface area contributed by atoms with Crippen molar-refractivity contribution >= 4 is 57.0 Å². The number of nitro benzene ring substituents is 1. The van der Waals surface area contributed by atoms with Gasteiger partial charge >= 0.3 is 0 Å². The van der Waals surface area contributed by atoms with Crippen LogP contribution in [0.15, 0.2) is 40.4 Å². The third kappa shape index (κ3) is 7.29. The molecule has 2 aromatic rings. The van der Waals surface area contributed by atoms with E-state index in [-0.39, 0.29) is 47.6 Å². The Morgan fingerprint density at radius 3 is 2.68 bits per heavy atom. The number of guanidine groups is 1. The van der Waals surface area contributed by atoms with Crippen molar-refractivity contribution in [3.05, 3.63) is 50.5 Å². The molecule has 0 aliphatic rings. The van der Waals surface area contributed by atoms with Crippen molar-refractivity contribution in [2.75, 3.05) is 20.1 Å². The van der Waals surface area contributed by atoms with E-state index >= 15 is 0 Å². The third-order valence-electron chi connectivity index (χ3n) is 3.35. The summed E-state index contributed by atoms with van der Waals surface area (Å²) in [5, 5.41) is 17.8. The number of aliphatic imine (C=N–C) groups is 1. The lowest BCUT2D eigenvalue weighted by Gasteiger charge is -2.11. The van der Waals surface area contributed by atoms with E-state index in [0.717, 1.165) is 16.0 Å². The molecular formula is C15H21IN6O4S2. The Kier molecular flexibility index (Phi) is 9.71. The number of hydrogen-bond acceptors (Lipinski definition) is 7. The van der Waals surface area contributed by atoms with Gasteiger partial charge in [-0.25, -0.2) is 18.1 Å². The second-order valence-electron chi connectivity index (χ2n) is 5.37. The van der Waals surface area contributed by atoms with Gasteiger partial charge in [-0.1, -0.05) is 6.07 Å². The molecular weight excluding hydrogens is 519 g/mol. The van der Waals surface area contributed by atoms with E-state index in [4.69, 9.17) is 0 Å². The van der Waals surface area contributed by atoms with E-state index in [9.17, 15) is 18.5 Å². The fourth-order valence-electron chi connectivity index (χ4n) is 2.08. The van der Waals surface area contributed by atoms with Gasteiger partial charge in [0.05, 0.1) is 16.4 Å². The number of hydrogen-bond donors (Lipinski definition) is 3. The van der Waals surface area contributed by atoms with E-state index < -0.39 is 14.9 Å². The maximum atomic E-state index is 12.2. The van der Waals surface area contributed by atoms with Crippen LogP contribution in [0.2, 0.25) is 0 Å². The summed E-state index contributed by atoms with van der Waals surface area (Å²) in [7, 11) is -2.23. The highest BCUT2D eigenvalue weighted by Crippen LogP contribution is 2.16. The largest absolute Gasteiger partial charge is 0.355 e. The van der Waals surface area contributed by atoms with Crippen LogP contribution in [0.1, 0.15) is 9.88 Å². The molecule has 0 aliphatic heterocycles. The molecule has 1 aromatic heterocycles. The van der Waals surface area contributed by atoms with E-state index in [2.05, 4.69) is 25.3 Å². The van der Waals surface area contributed by atoms with Crippen LogP contribution >= 0.6 is 35.3 Å². The van der Waals surface area contributed by atoms with Gasteiger partial charge in [-0.2, -0.15) is 0 Å². The van der Waals surface area contributed by atoms with E-state index in [1.54, 1.807) is 24.6 Å². The molecule has 0 fully saturated rings. The van der Waals surface area contributed by atoms with Gasteiger partial charge < -0.3 is 10.6 Å². The van der Waals surface area contributed by atoms with Gasteiger partial charge in [-0.3, -0.25) is 15.1 Å². The van der Waals surface area contributed by atoms with E-state index in [0.29, 0.717) is 12.5 Å². The molecule has 0 spiro atoms. The zero-order valence-corrected chi connectivity index (χ0v) is 19.2. The second-order valence-corrected chi connectivity index (χ2v) is 8.46. The van der Waals surface area contributed by atoms with Crippen LogP contribution in [-0.4, -0.2) is 44.4 Å². The number of non-ortho nitro benzene ring substituents is 1. The number of sulfonamides is 1. The van der Waals surface area contributed by atoms with Crippen LogP contribution in [0, 0.1) is 17.0 Å². The fraction of sp³-hybridized carbons (Fsp3) is 0.333. The zero-order chi connectivity index (χ0) is 19.9. The maximum Gasteiger partial charge on any atom is 0.270 e. The number of aromatic nitrogens is 1. The molecule has 154 valence electrons. The lowest BCUT2D eigenvalue weighted by Crippen LogP contribution is -2.41. The van der Waals surface area contributed by atoms with Crippen LogP contribution in [0.5, 0.6) is 0 Å². The summed E-state index contributed by atoms with van der Waals surface area (Å²) in [6.45, 7) is 2.85. The average molecular weight is 540 g/mol. The van der Waals surface area contributed by atoms with Crippen LogP contribution in [0.25, 0.3) is 0 Å². The molecule has 13 heteroatoms. The molecule has 3 N–H and O–H groups in total. The summed E-state index contributed by atoms with van der Waals surface area (Å²) in [5.41, 5.74) is -0.280. The monoisotopic (exact) mass is 540 g/mol. The summed E-state index contributed by atoms with van der Waals surface area (Å²) < 4.78 is 26.8. The molecule has 10 nitrogen and oxygen atoms in total. The first-order chi connectivity index (χ1) is 12.8. The first-order valence-electron chi connectivity index (χ1n) is 7.92. The first kappa shape index (κ1) is 24.2. The Balaban J connectivity index is 0.00000392. The molecule has 0 saturated carbocycles. The van der Waals surface area contributed by atoms with E-state index in [1.165, 1.54) is 18.2 Å². The number of nitrogens with zero attached hydrogens (tertiary/aromatic N) is 3. The molecule has 28 heavy (non-hydrogen) atoms. The lowest BCUT2D eigenvalue weighted by molar-refractivity contribution is -0.385. The zero-order valence-electron chi connectivity index (χ0n) is 15.2. The number of halogens is 1. The Hall–Kier alpha value is -1.84. The minimum absolute atomic E-state index is 0. The smallest absolute Gasteiger partial charge is 0.270 e. The van der Waals surface area contributed by atoms with Crippen LogP contribution in [-0.2, 0) is 16.6 Å². The molecule has 0 unspecified atom stereocenters. The highest BCUT2D eigenvalue weighted by atomic mass is 127. The van der Waals surface area contributed by atoms with Gasteiger partial charge in [0.2, 0.25) is 10.0 Å². The summed E-state index contributed by atoms with van der Waals surface area (Å²) >= 11 is 1.58. The number of nitro groups is 1. The number of rotatable bonds is 8. The highest BCUT2D eigenvalue weighted by Gasteiger charge is 2.17. The predicted molar refractivity (Wildman–Crippen MR) is 119 cm³/mol. The molecule has 0 radical (unpaired) electrons. The van der Waals surface area contributed by atoms with Crippen molar-refractivity contribution in [2.24, 2.45) is 4.99 Å². The van der Waals surface area contributed by atoms with Crippen molar-refractivity contribution < 1.29 is 13.3 Å². The summed E-state index contributed by atoms with van der Waals surface area (Å²) in [5.74, 6) is 0.511. The van der Waals surface area contributed by atoms with E-state index in [1.807, 2.05) is 6.92 Å². The minimum atomic E-state index is -3.84. The molecule has 1 aromatic carbocycles. The topological polar surface area (TPSA) is 139 Å². The molecule has 0 saturated heterocycles. The van der Waals surface area contributed by atoms with Gasteiger partial charge in [0.1, 0.15) is 5.01 Å². The Morgan fingerprint density at radius 1 is 1.32 bits per heavy atom. The number of nitrogens with one attached hydrogen (secondary N) is 3. The summed E-state index contributed by atoms with van der Waals surface area (Å²) in [4.78, 5) is 19.4. The normalized spacial score (nSPS) is 11.6. The van der Waals surface area contributed by atoms with Gasteiger partial charge in [0.15, 0.2) is 5.96 Å².